The number of aryl methyl sites for hydroxylation is 3. The van der Waals surface area contributed by atoms with Gasteiger partial charge in [-0.1, -0.05) is 0 Å². The monoisotopic (exact) mass is 319 g/mol. The van der Waals surface area contributed by atoms with Gasteiger partial charge < -0.3 is 5.32 Å². The topological polar surface area (TPSA) is 54.9 Å². The Morgan fingerprint density at radius 1 is 1.16 bits per heavy atom. The molecule has 2 rings (SSSR count). The van der Waals surface area contributed by atoms with Crippen LogP contribution in [0.1, 0.15) is 27.4 Å². The normalized spacial score (nSPS) is 10.3. The molecule has 1 amide bonds. The van der Waals surface area contributed by atoms with E-state index >= 15 is 0 Å². The number of pyridine rings is 2. The first-order valence-electron chi connectivity index (χ1n) is 5.85. The van der Waals surface area contributed by atoms with Crippen molar-refractivity contribution in [2.24, 2.45) is 0 Å². The second kappa shape index (κ2) is 5.48. The molecule has 2 heterocycles. The van der Waals surface area contributed by atoms with Crippen molar-refractivity contribution in [2.75, 3.05) is 5.32 Å². The standard InChI is InChI=1S/C14H14BrN3O/c1-8-6-9(2)16-12(7-8)14(19)18-13-5-4-11(15)10(3)17-13/h4-7H,1-3H3,(H,17,18,19). The third-order valence-corrected chi connectivity index (χ3v) is 3.43. The van der Waals surface area contributed by atoms with Gasteiger partial charge in [0, 0.05) is 10.2 Å². The molecule has 2 aromatic heterocycles. The number of carbonyl (C=O) groups is 1. The lowest BCUT2D eigenvalue weighted by Gasteiger charge is -2.07. The van der Waals surface area contributed by atoms with Crippen LogP contribution in [0.3, 0.4) is 0 Å². The summed E-state index contributed by atoms with van der Waals surface area (Å²) in [6, 6.07) is 7.29. The van der Waals surface area contributed by atoms with E-state index in [1.54, 1.807) is 12.1 Å². The second-order valence-electron chi connectivity index (χ2n) is 4.39. The number of nitrogens with one attached hydrogen (secondary N) is 1. The molecule has 0 atom stereocenters. The van der Waals surface area contributed by atoms with Crippen LogP contribution in [0.25, 0.3) is 0 Å². The highest BCUT2D eigenvalue weighted by Crippen LogP contribution is 2.16. The van der Waals surface area contributed by atoms with Crippen molar-refractivity contribution in [3.63, 3.8) is 0 Å². The first-order chi connectivity index (χ1) is 8.95. The van der Waals surface area contributed by atoms with E-state index in [0.717, 1.165) is 21.4 Å². The Kier molecular flexibility index (Phi) is 3.95. The fourth-order valence-electron chi connectivity index (χ4n) is 1.75. The van der Waals surface area contributed by atoms with Gasteiger partial charge >= 0.3 is 0 Å². The Balaban J connectivity index is 2.22. The molecule has 98 valence electrons. The second-order valence-corrected chi connectivity index (χ2v) is 5.24. The number of hydrogen-bond acceptors (Lipinski definition) is 3. The average Bonchev–Trinajstić information content (AvgIpc) is 2.32. The Bertz CT molecular complexity index is 620. The zero-order valence-corrected chi connectivity index (χ0v) is 12.6. The molecule has 2 aromatic rings. The molecular weight excluding hydrogens is 306 g/mol. The summed E-state index contributed by atoms with van der Waals surface area (Å²) in [5, 5.41) is 2.75. The largest absolute Gasteiger partial charge is 0.305 e. The number of carbonyl (C=O) groups excluding carboxylic acids is 1. The maximum atomic E-state index is 12.1. The van der Waals surface area contributed by atoms with Crippen LogP contribution in [0.5, 0.6) is 0 Å². The van der Waals surface area contributed by atoms with Gasteiger partial charge in [-0.3, -0.25) is 4.79 Å². The molecular formula is C14H14BrN3O. The van der Waals surface area contributed by atoms with Crippen LogP contribution in [0.4, 0.5) is 5.82 Å². The first-order valence-corrected chi connectivity index (χ1v) is 6.65. The minimum Gasteiger partial charge on any atom is -0.305 e. The molecule has 0 fully saturated rings. The van der Waals surface area contributed by atoms with Gasteiger partial charge in [-0.05, 0) is 66.5 Å². The summed E-state index contributed by atoms with van der Waals surface area (Å²) in [7, 11) is 0. The molecule has 0 aliphatic heterocycles. The van der Waals surface area contributed by atoms with E-state index in [-0.39, 0.29) is 5.91 Å². The van der Waals surface area contributed by atoms with Crippen molar-refractivity contribution in [1.82, 2.24) is 9.97 Å². The predicted molar refractivity (Wildman–Crippen MR) is 78.3 cm³/mol. The predicted octanol–water partition coefficient (Wildman–Crippen LogP) is 3.42. The summed E-state index contributed by atoms with van der Waals surface area (Å²) in [6.07, 6.45) is 0. The molecule has 0 radical (unpaired) electrons. The molecule has 0 bridgehead atoms. The Morgan fingerprint density at radius 3 is 2.53 bits per heavy atom. The Morgan fingerprint density at radius 2 is 1.89 bits per heavy atom. The van der Waals surface area contributed by atoms with Gasteiger partial charge in [0.1, 0.15) is 11.5 Å². The highest BCUT2D eigenvalue weighted by molar-refractivity contribution is 9.10. The zero-order valence-electron chi connectivity index (χ0n) is 11.0. The first kappa shape index (κ1) is 13.7. The van der Waals surface area contributed by atoms with Crippen LogP contribution in [0.15, 0.2) is 28.7 Å². The van der Waals surface area contributed by atoms with Gasteiger partial charge in [-0.25, -0.2) is 9.97 Å². The summed E-state index contributed by atoms with van der Waals surface area (Å²) in [6.45, 7) is 5.67. The van der Waals surface area contributed by atoms with E-state index in [4.69, 9.17) is 0 Å². The maximum Gasteiger partial charge on any atom is 0.275 e. The maximum absolute atomic E-state index is 12.1. The van der Waals surface area contributed by atoms with Crippen LogP contribution < -0.4 is 5.32 Å². The number of nitrogens with zero attached hydrogens (tertiary/aromatic N) is 2. The molecule has 0 aliphatic rings. The van der Waals surface area contributed by atoms with E-state index in [0.29, 0.717) is 11.5 Å². The summed E-state index contributed by atoms with van der Waals surface area (Å²) < 4.78 is 0.912. The molecule has 1 N–H and O–H groups in total. The number of rotatable bonds is 2. The van der Waals surface area contributed by atoms with Crippen LogP contribution >= 0.6 is 15.9 Å². The quantitative estimate of drug-likeness (QED) is 0.922. The number of aromatic nitrogens is 2. The van der Waals surface area contributed by atoms with Gasteiger partial charge in [0.2, 0.25) is 0 Å². The third kappa shape index (κ3) is 3.38. The van der Waals surface area contributed by atoms with Crippen molar-refractivity contribution in [3.05, 3.63) is 51.4 Å². The molecule has 0 saturated heterocycles. The number of halogens is 1. The Hall–Kier alpha value is -1.75. The minimum atomic E-state index is -0.249. The number of hydrogen-bond donors (Lipinski definition) is 1. The summed E-state index contributed by atoms with van der Waals surface area (Å²) in [5.74, 6) is 0.271. The average molecular weight is 320 g/mol. The van der Waals surface area contributed by atoms with Crippen molar-refractivity contribution in [1.29, 1.82) is 0 Å². The molecule has 0 saturated carbocycles. The molecule has 0 aliphatic carbocycles. The third-order valence-electron chi connectivity index (χ3n) is 2.59. The van der Waals surface area contributed by atoms with Gasteiger partial charge in [-0.15, -0.1) is 0 Å². The number of amides is 1. The lowest BCUT2D eigenvalue weighted by molar-refractivity contribution is 0.102. The van der Waals surface area contributed by atoms with E-state index in [2.05, 4.69) is 31.2 Å². The van der Waals surface area contributed by atoms with Crippen LogP contribution in [-0.2, 0) is 0 Å². The Labute approximate surface area is 120 Å². The zero-order chi connectivity index (χ0) is 14.0. The molecule has 19 heavy (non-hydrogen) atoms. The fourth-order valence-corrected chi connectivity index (χ4v) is 1.97. The van der Waals surface area contributed by atoms with Gasteiger partial charge in [-0.2, -0.15) is 0 Å². The van der Waals surface area contributed by atoms with Crippen molar-refractivity contribution in [2.45, 2.75) is 20.8 Å². The van der Waals surface area contributed by atoms with Crippen LogP contribution in [0.2, 0.25) is 0 Å². The fraction of sp³-hybridized carbons (Fsp3) is 0.214. The minimum absolute atomic E-state index is 0.249. The molecule has 0 unspecified atom stereocenters. The smallest absolute Gasteiger partial charge is 0.275 e. The van der Waals surface area contributed by atoms with Crippen molar-refractivity contribution >= 4 is 27.7 Å². The highest BCUT2D eigenvalue weighted by Gasteiger charge is 2.10. The van der Waals surface area contributed by atoms with Gasteiger partial charge in [0.15, 0.2) is 0 Å². The molecule has 0 aromatic carbocycles. The lowest BCUT2D eigenvalue weighted by atomic mass is 10.2. The van der Waals surface area contributed by atoms with Crippen LogP contribution in [-0.4, -0.2) is 15.9 Å². The SMILES string of the molecule is Cc1cc(C)nc(C(=O)Nc2ccc(Br)c(C)n2)c1. The molecule has 5 heteroatoms. The molecule has 4 nitrogen and oxygen atoms in total. The van der Waals surface area contributed by atoms with Crippen molar-refractivity contribution < 1.29 is 4.79 Å². The van der Waals surface area contributed by atoms with E-state index in [1.165, 1.54) is 0 Å². The lowest BCUT2D eigenvalue weighted by Crippen LogP contribution is -2.15. The van der Waals surface area contributed by atoms with E-state index in [1.807, 2.05) is 32.9 Å². The van der Waals surface area contributed by atoms with Crippen molar-refractivity contribution in [3.8, 4) is 0 Å². The number of anilines is 1. The highest BCUT2D eigenvalue weighted by atomic mass is 79.9. The van der Waals surface area contributed by atoms with E-state index < -0.39 is 0 Å². The molecule has 0 spiro atoms. The van der Waals surface area contributed by atoms with Crippen LogP contribution in [0, 0.1) is 20.8 Å². The summed E-state index contributed by atoms with van der Waals surface area (Å²) in [5.41, 5.74) is 3.06. The van der Waals surface area contributed by atoms with Gasteiger partial charge in [0.05, 0.1) is 5.69 Å². The summed E-state index contributed by atoms with van der Waals surface area (Å²) >= 11 is 3.37. The summed E-state index contributed by atoms with van der Waals surface area (Å²) in [4.78, 5) is 20.6. The van der Waals surface area contributed by atoms with E-state index in [9.17, 15) is 4.79 Å². The van der Waals surface area contributed by atoms with Gasteiger partial charge in [0.25, 0.3) is 5.91 Å².